The molecule has 0 aliphatic carbocycles. The van der Waals surface area contributed by atoms with E-state index in [0.29, 0.717) is 6.42 Å². The minimum Gasteiger partial charge on any atom is -0.459 e. The molecule has 0 spiro atoms. The lowest BCUT2D eigenvalue weighted by Gasteiger charge is -2.20. The molecule has 0 aliphatic rings. The fraction of sp³-hybridized carbons (Fsp3) is 0.417. The molecule has 0 saturated heterocycles. The van der Waals surface area contributed by atoms with Crippen LogP contribution in [0.4, 0.5) is 0 Å². The first-order chi connectivity index (χ1) is 7.06. The lowest BCUT2D eigenvalue weighted by Crippen LogP contribution is -2.45. The Morgan fingerprint density at radius 1 is 1.40 bits per heavy atom. The lowest BCUT2D eigenvalue weighted by atomic mass is 10.0. The van der Waals surface area contributed by atoms with Gasteiger partial charge in [-0.25, -0.2) is 0 Å². The first kappa shape index (κ1) is 11.7. The summed E-state index contributed by atoms with van der Waals surface area (Å²) in [6.07, 6.45) is 0.570. The van der Waals surface area contributed by atoms with Gasteiger partial charge in [-0.15, -0.1) is 0 Å². The van der Waals surface area contributed by atoms with Gasteiger partial charge in [0.25, 0.3) is 0 Å². The van der Waals surface area contributed by atoms with Crippen LogP contribution in [0.1, 0.15) is 25.8 Å². The second-order valence-electron chi connectivity index (χ2n) is 3.83. The van der Waals surface area contributed by atoms with E-state index in [0.717, 1.165) is 5.56 Å². The minimum atomic E-state index is -0.880. The number of esters is 1. The maximum atomic E-state index is 11.5. The molecule has 1 atom stereocenters. The Labute approximate surface area is 90.2 Å². The van der Waals surface area contributed by atoms with E-state index < -0.39 is 5.54 Å². The molecule has 0 aliphatic heterocycles. The highest BCUT2D eigenvalue weighted by molar-refractivity contribution is 5.79. The Morgan fingerprint density at radius 3 is 2.53 bits per heavy atom. The summed E-state index contributed by atoms with van der Waals surface area (Å²) in [5.41, 5.74) is 5.84. The SMILES string of the molecule is CC[C@](C)(N)C(=O)OCc1ccccc1. The van der Waals surface area contributed by atoms with Crippen LogP contribution in [0.25, 0.3) is 0 Å². The van der Waals surface area contributed by atoms with E-state index in [1.807, 2.05) is 37.3 Å². The van der Waals surface area contributed by atoms with E-state index >= 15 is 0 Å². The van der Waals surface area contributed by atoms with Gasteiger partial charge in [-0.3, -0.25) is 4.79 Å². The predicted octanol–water partition coefficient (Wildman–Crippen LogP) is 1.86. The maximum absolute atomic E-state index is 11.5. The number of carbonyl (C=O) groups is 1. The molecule has 0 radical (unpaired) electrons. The van der Waals surface area contributed by atoms with E-state index in [1.165, 1.54) is 0 Å². The monoisotopic (exact) mass is 207 g/mol. The summed E-state index contributed by atoms with van der Waals surface area (Å²) in [7, 11) is 0. The van der Waals surface area contributed by atoms with E-state index in [4.69, 9.17) is 10.5 Å². The molecule has 1 rings (SSSR count). The van der Waals surface area contributed by atoms with Gasteiger partial charge in [0.1, 0.15) is 12.1 Å². The van der Waals surface area contributed by atoms with Crippen molar-refractivity contribution in [1.29, 1.82) is 0 Å². The van der Waals surface area contributed by atoms with Crippen LogP contribution in [0.2, 0.25) is 0 Å². The molecule has 15 heavy (non-hydrogen) atoms. The Kier molecular flexibility index (Phi) is 3.86. The van der Waals surface area contributed by atoms with E-state index in [9.17, 15) is 4.79 Å². The van der Waals surface area contributed by atoms with Gasteiger partial charge in [0.05, 0.1) is 0 Å². The predicted molar refractivity (Wildman–Crippen MR) is 59.1 cm³/mol. The van der Waals surface area contributed by atoms with Gasteiger partial charge in [0.15, 0.2) is 0 Å². The Balaban J connectivity index is 2.48. The maximum Gasteiger partial charge on any atom is 0.326 e. The first-order valence-electron chi connectivity index (χ1n) is 5.06. The zero-order valence-corrected chi connectivity index (χ0v) is 9.19. The molecule has 0 unspecified atom stereocenters. The highest BCUT2D eigenvalue weighted by atomic mass is 16.5. The van der Waals surface area contributed by atoms with Crippen LogP contribution in [0, 0.1) is 0 Å². The van der Waals surface area contributed by atoms with Crippen molar-refractivity contribution < 1.29 is 9.53 Å². The quantitative estimate of drug-likeness (QED) is 0.767. The molecule has 3 nitrogen and oxygen atoms in total. The molecule has 0 aromatic heterocycles. The van der Waals surface area contributed by atoms with Crippen molar-refractivity contribution >= 4 is 5.97 Å². The van der Waals surface area contributed by atoms with Gasteiger partial charge >= 0.3 is 5.97 Å². The van der Waals surface area contributed by atoms with Crippen LogP contribution in [0.15, 0.2) is 30.3 Å². The van der Waals surface area contributed by atoms with Gasteiger partial charge in [-0.1, -0.05) is 37.3 Å². The van der Waals surface area contributed by atoms with E-state index in [-0.39, 0.29) is 12.6 Å². The van der Waals surface area contributed by atoms with Gasteiger partial charge in [0.2, 0.25) is 0 Å². The Morgan fingerprint density at radius 2 is 2.00 bits per heavy atom. The second kappa shape index (κ2) is 4.94. The molecular weight excluding hydrogens is 190 g/mol. The average Bonchev–Trinajstić information content (AvgIpc) is 2.27. The number of rotatable bonds is 4. The largest absolute Gasteiger partial charge is 0.459 e. The molecule has 2 N–H and O–H groups in total. The third-order valence-corrected chi connectivity index (χ3v) is 2.41. The van der Waals surface area contributed by atoms with Crippen molar-refractivity contribution in [1.82, 2.24) is 0 Å². The zero-order chi connectivity index (χ0) is 11.3. The molecule has 0 bridgehead atoms. The van der Waals surface area contributed by atoms with Crippen LogP contribution in [-0.4, -0.2) is 11.5 Å². The topological polar surface area (TPSA) is 52.3 Å². The molecule has 0 heterocycles. The highest BCUT2D eigenvalue weighted by Crippen LogP contribution is 2.09. The number of nitrogens with two attached hydrogens (primary N) is 1. The number of benzene rings is 1. The molecule has 1 aromatic carbocycles. The molecule has 0 fully saturated rings. The minimum absolute atomic E-state index is 0.284. The molecule has 82 valence electrons. The zero-order valence-electron chi connectivity index (χ0n) is 9.19. The summed E-state index contributed by atoms with van der Waals surface area (Å²) in [5, 5.41) is 0. The summed E-state index contributed by atoms with van der Waals surface area (Å²) < 4.78 is 5.12. The third kappa shape index (κ3) is 3.36. The Bertz CT molecular complexity index is 320. The molecule has 3 heteroatoms. The van der Waals surface area contributed by atoms with Crippen molar-refractivity contribution in [2.24, 2.45) is 5.73 Å². The normalized spacial score (nSPS) is 14.3. The molecule has 0 amide bonds. The Hall–Kier alpha value is -1.35. The van der Waals surface area contributed by atoms with Gasteiger partial charge < -0.3 is 10.5 Å². The third-order valence-electron chi connectivity index (χ3n) is 2.41. The van der Waals surface area contributed by atoms with Crippen molar-refractivity contribution in [3.8, 4) is 0 Å². The molecular formula is C12H17NO2. The summed E-state index contributed by atoms with van der Waals surface area (Å²) >= 11 is 0. The van der Waals surface area contributed by atoms with Crippen LogP contribution in [-0.2, 0) is 16.1 Å². The standard InChI is InChI=1S/C12H17NO2/c1-3-12(2,13)11(14)15-9-10-7-5-4-6-8-10/h4-8H,3,9,13H2,1-2H3/t12-/m0/s1. The number of ether oxygens (including phenoxy) is 1. The highest BCUT2D eigenvalue weighted by Gasteiger charge is 2.27. The summed E-state index contributed by atoms with van der Waals surface area (Å²) in [6.45, 7) is 3.83. The summed E-state index contributed by atoms with van der Waals surface area (Å²) in [5.74, 6) is -0.353. The van der Waals surface area contributed by atoms with Crippen LogP contribution >= 0.6 is 0 Å². The first-order valence-corrected chi connectivity index (χ1v) is 5.06. The van der Waals surface area contributed by atoms with E-state index in [2.05, 4.69) is 0 Å². The average molecular weight is 207 g/mol. The van der Waals surface area contributed by atoms with Gasteiger partial charge in [-0.05, 0) is 18.9 Å². The number of hydrogen-bond donors (Lipinski definition) is 1. The summed E-state index contributed by atoms with van der Waals surface area (Å²) in [4.78, 5) is 11.5. The second-order valence-corrected chi connectivity index (χ2v) is 3.83. The molecule has 0 saturated carbocycles. The summed E-state index contributed by atoms with van der Waals surface area (Å²) in [6, 6.07) is 9.56. The van der Waals surface area contributed by atoms with Crippen molar-refractivity contribution in [3.05, 3.63) is 35.9 Å². The fourth-order valence-electron chi connectivity index (χ4n) is 1.03. The number of hydrogen-bond acceptors (Lipinski definition) is 3. The number of carbonyl (C=O) groups excluding carboxylic acids is 1. The van der Waals surface area contributed by atoms with Crippen molar-refractivity contribution in [2.75, 3.05) is 0 Å². The smallest absolute Gasteiger partial charge is 0.326 e. The van der Waals surface area contributed by atoms with Gasteiger partial charge in [-0.2, -0.15) is 0 Å². The van der Waals surface area contributed by atoms with Crippen molar-refractivity contribution in [3.63, 3.8) is 0 Å². The van der Waals surface area contributed by atoms with Crippen LogP contribution in [0.5, 0.6) is 0 Å². The van der Waals surface area contributed by atoms with Crippen LogP contribution in [0.3, 0.4) is 0 Å². The van der Waals surface area contributed by atoms with Crippen LogP contribution < -0.4 is 5.73 Å². The fourth-order valence-corrected chi connectivity index (χ4v) is 1.03. The van der Waals surface area contributed by atoms with E-state index in [1.54, 1.807) is 6.92 Å². The van der Waals surface area contributed by atoms with Crippen molar-refractivity contribution in [2.45, 2.75) is 32.4 Å². The lowest BCUT2D eigenvalue weighted by molar-refractivity contribution is -0.151. The molecule has 1 aromatic rings. The van der Waals surface area contributed by atoms with Gasteiger partial charge in [0, 0.05) is 0 Å².